The number of ether oxygens (including phenoxy) is 1. The smallest absolute Gasteiger partial charge is 0.191 e. The first-order chi connectivity index (χ1) is 14.5. The van der Waals surface area contributed by atoms with E-state index in [4.69, 9.17) is 4.74 Å². The zero-order chi connectivity index (χ0) is 21.7. The molecule has 1 saturated carbocycles. The third-order valence-corrected chi connectivity index (χ3v) is 5.66. The Hall–Kier alpha value is -1.84. The van der Waals surface area contributed by atoms with Gasteiger partial charge in [-0.1, -0.05) is 19.9 Å². The van der Waals surface area contributed by atoms with Crippen LogP contribution in [0.4, 0.5) is 4.39 Å². The molecule has 1 aliphatic rings. The second-order valence-corrected chi connectivity index (χ2v) is 7.94. The number of aryl methyl sites for hydroxylation is 2. The summed E-state index contributed by atoms with van der Waals surface area (Å²) in [6.07, 6.45) is 4.19. The number of nitrogens with zero attached hydrogens (tertiary/aromatic N) is 3. The molecule has 1 atom stereocenters. The van der Waals surface area contributed by atoms with Gasteiger partial charge in [-0.15, -0.1) is 24.0 Å². The minimum Gasteiger partial charge on any atom is -0.490 e. The third-order valence-electron chi connectivity index (χ3n) is 5.66. The van der Waals surface area contributed by atoms with Crippen LogP contribution in [-0.4, -0.2) is 29.4 Å². The molecule has 6 nitrogen and oxygen atoms in total. The fraction of sp³-hybridized carbons (Fsp3) is 0.565. The first-order valence-electron chi connectivity index (χ1n) is 10.9. The Bertz CT molecular complexity index is 894. The van der Waals surface area contributed by atoms with Crippen LogP contribution in [0.3, 0.4) is 0 Å². The van der Waals surface area contributed by atoms with Crippen molar-refractivity contribution in [1.29, 1.82) is 0 Å². The summed E-state index contributed by atoms with van der Waals surface area (Å²) >= 11 is 0. The number of benzene rings is 1. The highest BCUT2D eigenvalue weighted by molar-refractivity contribution is 14.0. The Balaban J connectivity index is 0.00000341. The highest BCUT2D eigenvalue weighted by Gasteiger charge is 2.22. The molecule has 3 rings (SSSR count). The molecule has 31 heavy (non-hydrogen) atoms. The summed E-state index contributed by atoms with van der Waals surface area (Å²) in [6, 6.07) is 5.06. The number of hydrogen-bond donors (Lipinski definition) is 2. The van der Waals surface area contributed by atoms with E-state index in [9.17, 15) is 4.39 Å². The van der Waals surface area contributed by atoms with E-state index < -0.39 is 0 Å². The van der Waals surface area contributed by atoms with Crippen LogP contribution in [0.5, 0.6) is 5.75 Å². The molecule has 1 aromatic heterocycles. The first-order valence-corrected chi connectivity index (χ1v) is 10.9. The number of aliphatic imine (C=N–C) groups is 1. The Labute approximate surface area is 202 Å². The Morgan fingerprint density at radius 3 is 2.65 bits per heavy atom. The number of guanidine groups is 1. The Morgan fingerprint density at radius 2 is 2.06 bits per heavy atom. The van der Waals surface area contributed by atoms with Crippen LogP contribution >= 0.6 is 24.0 Å². The van der Waals surface area contributed by atoms with Crippen molar-refractivity contribution in [2.75, 3.05) is 13.7 Å². The molecular weight excluding hydrogens is 508 g/mol. The van der Waals surface area contributed by atoms with E-state index in [0.29, 0.717) is 30.8 Å². The molecule has 0 bridgehead atoms. The van der Waals surface area contributed by atoms with Crippen LogP contribution in [0.1, 0.15) is 62.2 Å². The van der Waals surface area contributed by atoms with E-state index in [1.165, 1.54) is 24.1 Å². The average molecular weight is 543 g/mol. The minimum atomic E-state index is -0.319. The highest BCUT2D eigenvalue weighted by atomic mass is 127. The van der Waals surface area contributed by atoms with Crippen molar-refractivity contribution in [3.8, 4) is 5.75 Å². The average Bonchev–Trinajstić information content (AvgIpc) is 3.52. The van der Waals surface area contributed by atoms with Crippen LogP contribution in [0, 0.1) is 11.7 Å². The highest BCUT2D eigenvalue weighted by Crippen LogP contribution is 2.30. The topological polar surface area (TPSA) is 63.5 Å². The molecule has 0 amide bonds. The maximum Gasteiger partial charge on any atom is 0.191 e. The summed E-state index contributed by atoms with van der Waals surface area (Å²) in [7, 11) is 3.73. The molecule has 2 aromatic rings. The maximum atomic E-state index is 14.4. The summed E-state index contributed by atoms with van der Waals surface area (Å²) in [4.78, 5) is 4.33. The van der Waals surface area contributed by atoms with Crippen molar-refractivity contribution in [2.24, 2.45) is 18.0 Å². The zero-order valence-electron chi connectivity index (χ0n) is 19.2. The standard InChI is InChI=1S/C23H34FN5O.HI/c1-6-20-18(21(7-2)29(5)28-20)13-26-23(25-4)27-15(3)17-10-11-22(19(24)12-17)30-14-16-8-9-16;/h10-12,15-16H,6-9,13-14H2,1-5H3,(H2,25,26,27);1H. The van der Waals surface area contributed by atoms with E-state index in [1.54, 1.807) is 19.2 Å². The van der Waals surface area contributed by atoms with E-state index >= 15 is 0 Å². The van der Waals surface area contributed by atoms with Crippen LogP contribution in [0.15, 0.2) is 23.2 Å². The van der Waals surface area contributed by atoms with Crippen molar-refractivity contribution < 1.29 is 9.13 Å². The van der Waals surface area contributed by atoms with Gasteiger partial charge in [0.25, 0.3) is 0 Å². The molecule has 0 aliphatic heterocycles. The molecule has 1 unspecified atom stereocenters. The molecule has 1 fully saturated rings. The van der Waals surface area contributed by atoms with Gasteiger partial charge in [0.15, 0.2) is 17.5 Å². The number of rotatable bonds is 9. The summed E-state index contributed by atoms with van der Waals surface area (Å²) in [5.74, 6) is 1.28. The van der Waals surface area contributed by atoms with E-state index in [-0.39, 0.29) is 35.8 Å². The van der Waals surface area contributed by atoms with Crippen molar-refractivity contribution in [3.63, 3.8) is 0 Å². The third kappa shape index (κ3) is 6.57. The van der Waals surface area contributed by atoms with E-state index in [1.807, 2.05) is 24.7 Å². The molecule has 0 radical (unpaired) electrons. The molecular formula is C23H35FIN5O. The van der Waals surface area contributed by atoms with Gasteiger partial charge in [0.05, 0.1) is 18.3 Å². The fourth-order valence-corrected chi connectivity index (χ4v) is 3.64. The monoisotopic (exact) mass is 543 g/mol. The van der Waals surface area contributed by atoms with Gasteiger partial charge in [0.1, 0.15) is 0 Å². The lowest BCUT2D eigenvalue weighted by Gasteiger charge is -2.19. The van der Waals surface area contributed by atoms with Gasteiger partial charge in [-0.25, -0.2) is 4.39 Å². The van der Waals surface area contributed by atoms with Gasteiger partial charge in [-0.2, -0.15) is 5.10 Å². The van der Waals surface area contributed by atoms with Gasteiger partial charge in [0, 0.05) is 31.9 Å². The van der Waals surface area contributed by atoms with Gasteiger partial charge >= 0.3 is 0 Å². The number of aromatic nitrogens is 2. The molecule has 1 heterocycles. The quantitative estimate of drug-likeness (QED) is 0.278. The van der Waals surface area contributed by atoms with Crippen LogP contribution in [0.2, 0.25) is 0 Å². The lowest BCUT2D eigenvalue weighted by Crippen LogP contribution is -2.38. The predicted molar refractivity (Wildman–Crippen MR) is 134 cm³/mol. The molecule has 0 saturated heterocycles. The maximum absolute atomic E-state index is 14.4. The lowest BCUT2D eigenvalue weighted by atomic mass is 10.1. The first kappa shape index (κ1) is 25.4. The van der Waals surface area contributed by atoms with Gasteiger partial charge in [-0.05, 0) is 56.2 Å². The lowest BCUT2D eigenvalue weighted by molar-refractivity contribution is 0.285. The molecule has 1 aromatic carbocycles. The molecule has 2 N–H and O–H groups in total. The van der Waals surface area contributed by atoms with Crippen molar-refractivity contribution in [2.45, 2.75) is 59.0 Å². The second-order valence-electron chi connectivity index (χ2n) is 7.94. The van der Waals surface area contributed by atoms with Crippen LogP contribution in [0.25, 0.3) is 0 Å². The molecule has 0 spiro atoms. The van der Waals surface area contributed by atoms with Crippen LogP contribution in [-0.2, 0) is 26.4 Å². The second kappa shape index (κ2) is 11.7. The summed E-state index contributed by atoms with van der Waals surface area (Å²) < 4.78 is 22.0. The molecule has 1 aliphatic carbocycles. The summed E-state index contributed by atoms with van der Waals surface area (Å²) in [5, 5.41) is 11.4. The van der Waals surface area contributed by atoms with Crippen molar-refractivity contribution in [3.05, 3.63) is 46.5 Å². The van der Waals surface area contributed by atoms with Gasteiger partial charge in [-0.3, -0.25) is 9.67 Å². The molecule has 8 heteroatoms. The fourth-order valence-electron chi connectivity index (χ4n) is 3.64. The van der Waals surface area contributed by atoms with Gasteiger partial charge in [0.2, 0.25) is 0 Å². The summed E-state index contributed by atoms with van der Waals surface area (Å²) in [6.45, 7) is 7.50. The predicted octanol–water partition coefficient (Wildman–Crippen LogP) is 4.52. The largest absolute Gasteiger partial charge is 0.490 e. The minimum absolute atomic E-state index is 0. The Kier molecular flexibility index (Phi) is 9.58. The summed E-state index contributed by atoms with van der Waals surface area (Å²) in [5.41, 5.74) is 4.40. The van der Waals surface area contributed by atoms with E-state index in [2.05, 4.69) is 34.6 Å². The number of hydrogen-bond acceptors (Lipinski definition) is 3. The van der Waals surface area contributed by atoms with Crippen LogP contribution < -0.4 is 15.4 Å². The van der Waals surface area contributed by atoms with E-state index in [0.717, 1.165) is 24.1 Å². The van der Waals surface area contributed by atoms with Gasteiger partial charge < -0.3 is 15.4 Å². The number of nitrogens with one attached hydrogen (secondary N) is 2. The SMILES string of the molecule is CCc1nn(C)c(CC)c1CNC(=NC)NC(C)c1ccc(OCC2CC2)c(F)c1.I. The zero-order valence-corrected chi connectivity index (χ0v) is 21.5. The number of halogens is 2. The van der Waals surface area contributed by atoms with Crippen molar-refractivity contribution in [1.82, 2.24) is 20.4 Å². The normalized spacial score (nSPS) is 14.7. The molecule has 172 valence electrons. The van der Waals surface area contributed by atoms with Crippen molar-refractivity contribution >= 4 is 29.9 Å². The Morgan fingerprint density at radius 1 is 1.32 bits per heavy atom.